The maximum atomic E-state index is 13.8. The van der Waals surface area contributed by atoms with Crippen LogP contribution < -0.4 is 30.8 Å². The molecule has 1 saturated carbocycles. The molecule has 2 N–H and O–H groups in total. The number of carbonyl (C=O) groups excluding carboxylic acids is 6. The van der Waals surface area contributed by atoms with Crippen LogP contribution in [0.25, 0.3) is 11.0 Å². The normalized spacial score (nSPS) is 19.6. The van der Waals surface area contributed by atoms with Gasteiger partial charge < -0.3 is 19.8 Å². The lowest BCUT2D eigenvalue weighted by molar-refractivity contribution is -0.121. The third-order valence-electron chi connectivity index (χ3n) is 8.47. The molecule has 0 unspecified atom stereocenters. The first kappa shape index (κ1) is 31.1. The summed E-state index contributed by atoms with van der Waals surface area (Å²) in [5, 5.41) is 6.32. The molecule has 47 heavy (non-hydrogen) atoms. The minimum absolute atomic E-state index is 0.00930. The van der Waals surface area contributed by atoms with Crippen molar-refractivity contribution in [2.75, 3.05) is 16.9 Å². The van der Waals surface area contributed by atoms with Gasteiger partial charge in [-0.2, -0.15) is 0 Å². The fraction of sp³-hybridized carbons (Fsp3) is 0.265. The Hall–Kier alpha value is -5.85. The van der Waals surface area contributed by atoms with Crippen molar-refractivity contribution in [3.05, 3.63) is 87.3 Å². The van der Waals surface area contributed by atoms with E-state index >= 15 is 0 Å². The number of hydrogen-bond donors (Lipinski definition) is 2. The molecular weight excluding hydrogens is 608 g/mol. The van der Waals surface area contributed by atoms with E-state index < -0.39 is 53.2 Å². The van der Waals surface area contributed by atoms with Crippen LogP contribution >= 0.6 is 0 Å². The zero-order valence-corrected chi connectivity index (χ0v) is 25.7. The average molecular weight is 639 g/mol. The van der Waals surface area contributed by atoms with Crippen molar-refractivity contribution < 1.29 is 37.9 Å². The number of hydrogen-bond acceptors (Lipinski definition) is 9. The van der Waals surface area contributed by atoms with Gasteiger partial charge in [-0.1, -0.05) is 12.8 Å². The van der Waals surface area contributed by atoms with Crippen LogP contribution in [0.5, 0.6) is 5.75 Å². The minimum Gasteiger partial charge on any atom is -0.497 e. The topological polar surface area (TPSA) is 172 Å². The van der Waals surface area contributed by atoms with Gasteiger partial charge in [-0.05, 0) is 63.1 Å². The lowest BCUT2D eigenvalue weighted by Crippen LogP contribution is -2.53. The minimum atomic E-state index is -0.824. The Bertz CT molecular complexity index is 1960. The van der Waals surface area contributed by atoms with Gasteiger partial charge in [-0.25, -0.2) is 14.6 Å². The van der Waals surface area contributed by atoms with E-state index in [1.54, 1.807) is 18.2 Å². The predicted octanol–water partition coefficient (Wildman–Crippen LogP) is 2.91. The quantitative estimate of drug-likeness (QED) is 0.292. The van der Waals surface area contributed by atoms with E-state index in [1.165, 1.54) is 45.2 Å². The summed E-state index contributed by atoms with van der Waals surface area (Å²) in [5.74, 6) is -3.24. The second-order valence-corrected chi connectivity index (χ2v) is 11.6. The first-order chi connectivity index (χ1) is 22.4. The van der Waals surface area contributed by atoms with E-state index in [-0.39, 0.29) is 39.2 Å². The van der Waals surface area contributed by atoms with Crippen molar-refractivity contribution in [3.8, 4) is 5.75 Å². The zero-order chi connectivity index (χ0) is 33.6. The number of carbonyl (C=O) groups is 6. The Morgan fingerprint density at radius 3 is 1.83 bits per heavy atom. The zero-order valence-electron chi connectivity index (χ0n) is 25.7. The number of nitrogens with one attached hydrogen (secondary N) is 2. The van der Waals surface area contributed by atoms with Crippen molar-refractivity contribution in [2.45, 2.75) is 51.6 Å². The number of nitrogens with zero attached hydrogens (tertiary/aromatic N) is 2. The lowest BCUT2D eigenvalue weighted by atomic mass is 9.89. The third-order valence-corrected chi connectivity index (χ3v) is 8.47. The van der Waals surface area contributed by atoms with Gasteiger partial charge in [0.2, 0.25) is 0 Å². The highest BCUT2D eigenvalue weighted by molar-refractivity contribution is 6.32. The molecule has 6 rings (SSSR count). The van der Waals surface area contributed by atoms with Gasteiger partial charge in [0.05, 0.1) is 18.5 Å². The molecule has 3 aliphatic rings. The molecule has 0 radical (unpaired) electrons. The number of benzene rings is 2. The first-order valence-electron chi connectivity index (χ1n) is 15.0. The number of ether oxygens (including phenoxy) is 1. The standard InChI is InChI=1S/C34H30N4O9/c1-17-10-28(39)37(32(17)43)21-12-20(13-22(15-21)38-29(40)11-18(2)33(38)44)30(41)35-25-6-4-5-7-26(25)36-31(42)24-14-19-8-9-23(46-3)16-27(19)47-34(24)45/h8-16,25-26H,4-7H2,1-3H3,(H,35,41)(H,36,42)/t25-,26-/m1/s1. The summed E-state index contributed by atoms with van der Waals surface area (Å²) in [6, 6.07) is 9.23. The van der Waals surface area contributed by atoms with Crippen LogP contribution in [-0.2, 0) is 19.2 Å². The number of anilines is 2. The molecule has 2 atom stereocenters. The van der Waals surface area contributed by atoms with Crippen LogP contribution in [0.4, 0.5) is 11.4 Å². The molecule has 13 heteroatoms. The molecule has 3 aromatic rings. The number of amides is 6. The fourth-order valence-electron chi connectivity index (χ4n) is 6.00. The van der Waals surface area contributed by atoms with Gasteiger partial charge in [0.1, 0.15) is 16.9 Å². The molecule has 2 aliphatic heterocycles. The van der Waals surface area contributed by atoms with Gasteiger partial charge in [0.25, 0.3) is 35.4 Å². The van der Waals surface area contributed by atoms with E-state index in [9.17, 15) is 33.6 Å². The molecule has 6 amide bonds. The van der Waals surface area contributed by atoms with Crippen LogP contribution in [0.15, 0.2) is 75.0 Å². The smallest absolute Gasteiger partial charge is 0.349 e. The van der Waals surface area contributed by atoms with Gasteiger partial charge in [-0.3, -0.25) is 28.8 Å². The van der Waals surface area contributed by atoms with Crippen molar-refractivity contribution in [3.63, 3.8) is 0 Å². The SMILES string of the molecule is COc1ccc2cc(C(=O)N[C@@H]3CCCC[C@H]3NC(=O)c3cc(N4C(=O)C=C(C)C4=O)cc(N4C(=O)C=C(C)C4=O)c3)c(=O)oc2c1. The summed E-state index contributed by atoms with van der Waals surface area (Å²) >= 11 is 0. The Labute approximate surface area is 267 Å². The van der Waals surface area contributed by atoms with E-state index in [4.69, 9.17) is 9.15 Å². The largest absolute Gasteiger partial charge is 0.497 e. The monoisotopic (exact) mass is 638 g/mol. The first-order valence-corrected chi connectivity index (χ1v) is 15.0. The molecule has 1 aliphatic carbocycles. The number of fused-ring (bicyclic) bond motifs is 1. The van der Waals surface area contributed by atoms with Gasteiger partial charge in [-0.15, -0.1) is 0 Å². The molecule has 2 aromatic carbocycles. The highest BCUT2D eigenvalue weighted by Crippen LogP contribution is 2.32. The predicted molar refractivity (Wildman–Crippen MR) is 169 cm³/mol. The highest BCUT2D eigenvalue weighted by atomic mass is 16.5. The molecule has 0 bridgehead atoms. The maximum absolute atomic E-state index is 13.8. The van der Waals surface area contributed by atoms with Gasteiger partial charge >= 0.3 is 5.63 Å². The third kappa shape index (κ3) is 5.83. The lowest BCUT2D eigenvalue weighted by Gasteiger charge is -2.33. The van der Waals surface area contributed by atoms with E-state index in [0.717, 1.165) is 34.8 Å². The summed E-state index contributed by atoms with van der Waals surface area (Å²) < 4.78 is 10.5. The highest BCUT2D eigenvalue weighted by Gasteiger charge is 2.35. The van der Waals surface area contributed by atoms with E-state index in [2.05, 4.69) is 10.6 Å². The second-order valence-electron chi connectivity index (χ2n) is 11.6. The molecule has 3 heterocycles. The number of methoxy groups -OCH3 is 1. The van der Waals surface area contributed by atoms with Crippen LogP contribution in [0.1, 0.15) is 60.2 Å². The molecule has 0 saturated heterocycles. The summed E-state index contributed by atoms with van der Waals surface area (Å²) in [4.78, 5) is 92.5. The van der Waals surface area contributed by atoms with E-state index in [0.29, 0.717) is 24.0 Å². The molecule has 13 nitrogen and oxygen atoms in total. The summed E-state index contributed by atoms with van der Waals surface area (Å²) in [6.45, 7) is 2.96. The Morgan fingerprint density at radius 1 is 0.766 bits per heavy atom. The number of rotatable bonds is 7. The average Bonchev–Trinajstić information content (AvgIpc) is 3.46. The molecular formula is C34H30N4O9. The summed E-state index contributed by atoms with van der Waals surface area (Å²) in [6.07, 6.45) is 4.87. The second kappa shape index (κ2) is 12.2. The van der Waals surface area contributed by atoms with Crippen LogP contribution in [-0.4, -0.2) is 54.6 Å². The van der Waals surface area contributed by atoms with Crippen molar-refractivity contribution in [1.29, 1.82) is 0 Å². The number of imide groups is 2. The maximum Gasteiger partial charge on any atom is 0.349 e. The summed E-state index contributed by atoms with van der Waals surface area (Å²) in [5.41, 5.74) is -0.365. The Kier molecular flexibility index (Phi) is 8.06. The van der Waals surface area contributed by atoms with Crippen molar-refractivity contribution >= 4 is 57.8 Å². The van der Waals surface area contributed by atoms with Gasteiger partial charge in [0.15, 0.2) is 0 Å². The van der Waals surface area contributed by atoms with Crippen LogP contribution in [0, 0.1) is 0 Å². The van der Waals surface area contributed by atoms with Crippen LogP contribution in [0.3, 0.4) is 0 Å². The Balaban J connectivity index is 1.27. The van der Waals surface area contributed by atoms with Crippen molar-refractivity contribution in [2.24, 2.45) is 0 Å². The molecule has 240 valence electrons. The van der Waals surface area contributed by atoms with Gasteiger partial charge in [0, 0.05) is 52.4 Å². The summed E-state index contributed by atoms with van der Waals surface area (Å²) in [7, 11) is 1.48. The molecule has 1 fully saturated rings. The molecule has 0 spiro atoms. The fourth-order valence-corrected chi connectivity index (χ4v) is 6.00. The van der Waals surface area contributed by atoms with E-state index in [1.807, 2.05) is 0 Å². The molecule has 1 aromatic heterocycles. The van der Waals surface area contributed by atoms with Crippen LogP contribution in [0.2, 0.25) is 0 Å². The van der Waals surface area contributed by atoms with Crippen molar-refractivity contribution in [1.82, 2.24) is 10.6 Å². The Morgan fingerprint density at radius 2 is 1.32 bits per heavy atom.